The van der Waals surface area contributed by atoms with E-state index in [-0.39, 0.29) is 11.6 Å². The Labute approximate surface area is 91.3 Å². The molecule has 1 saturated heterocycles. The number of amides is 1. The van der Waals surface area contributed by atoms with Gasteiger partial charge in [-0.15, -0.1) is 0 Å². The van der Waals surface area contributed by atoms with Gasteiger partial charge in [0.2, 0.25) is 0 Å². The third-order valence-corrected chi connectivity index (χ3v) is 2.13. The van der Waals surface area contributed by atoms with Gasteiger partial charge in [-0.25, -0.2) is 4.79 Å². The van der Waals surface area contributed by atoms with Crippen LogP contribution >= 0.6 is 0 Å². The monoisotopic (exact) mass is 212 g/mol. The molecule has 0 radical (unpaired) electrons. The normalized spacial score (nSPS) is 16.7. The van der Waals surface area contributed by atoms with Crippen LogP contribution in [0.1, 0.15) is 20.8 Å². The van der Waals surface area contributed by atoms with Crippen molar-refractivity contribution in [3.8, 4) is 0 Å². The van der Waals surface area contributed by atoms with Crippen molar-refractivity contribution in [2.45, 2.75) is 26.3 Å². The smallest absolute Gasteiger partial charge is 0.410 e. The van der Waals surface area contributed by atoms with Crippen molar-refractivity contribution >= 4 is 6.09 Å². The minimum absolute atomic E-state index is 0.0778. The first kappa shape index (κ1) is 12.0. The van der Waals surface area contributed by atoms with Gasteiger partial charge in [-0.2, -0.15) is 0 Å². The molecule has 15 heavy (non-hydrogen) atoms. The third-order valence-electron chi connectivity index (χ3n) is 2.13. The Balaban J connectivity index is 2.27. The molecule has 0 aliphatic carbocycles. The van der Waals surface area contributed by atoms with Crippen molar-refractivity contribution in [3.05, 3.63) is 12.2 Å². The maximum absolute atomic E-state index is 11.2. The van der Waals surface area contributed by atoms with E-state index in [9.17, 15) is 4.79 Å². The average molecular weight is 212 g/mol. The Kier molecular flexibility index (Phi) is 3.74. The van der Waals surface area contributed by atoms with E-state index in [0.29, 0.717) is 19.7 Å². The second kappa shape index (κ2) is 4.66. The largest absolute Gasteiger partial charge is 0.448 e. The molecular weight excluding hydrogens is 192 g/mol. The van der Waals surface area contributed by atoms with Crippen LogP contribution in [0.15, 0.2) is 12.2 Å². The maximum atomic E-state index is 11.2. The molecule has 1 fully saturated rings. The summed E-state index contributed by atoms with van der Waals surface area (Å²) in [5.41, 5.74) is 1.08. The molecule has 1 aliphatic rings. The first-order chi connectivity index (χ1) is 6.88. The van der Waals surface area contributed by atoms with E-state index >= 15 is 0 Å². The molecule has 1 amide bonds. The van der Waals surface area contributed by atoms with Gasteiger partial charge >= 0.3 is 6.09 Å². The Morgan fingerprint density at radius 1 is 1.60 bits per heavy atom. The standard InChI is InChI=1S/C11H20N2O2/c1-9(7-12-11(2,3)4)8-13-5-6-15-10(13)14/h12H,1,5-8H2,2-4H3. The molecule has 86 valence electrons. The number of hydrogen-bond acceptors (Lipinski definition) is 3. The summed E-state index contributed by atoms with van der Waals surface area (Å²) in [6, 6.07) is 0. The Hall–Kier alpha value is -1.03. The molecule has 4 nitrogen and oxygen atoms in total. The summed E-state index contributed by atoms with van der Waals surface area (Å²) in [5, 5.41) is 3.33. The zero-order valence-corrected chi connectivity index (χ0v) is 9.80. The number of carbonyl (C=O) groups is 1. The van der Waals surface area contributed by atoms with Crippen molar-refractivity contribution in [2.24, 2.45) is 0 Å². The van der Waals surface area contributed by atoms with E-state index in [1.165, 1.54) is 0 Å². The fraction of sp³-hybridized carbons (Fsp3) is 0.727. The topological polar surface area (TPSA) is 41.6 Å². The van der Waals surface area contributed by atoms with Crippen LogP contribution in [0.5, 0.6) is 0 Å². The van der Waals surface area contributed by atoms with Gasteiger partial charge in [-0.05, 0) is 26.3 Å². The molecule has 0 atom stereocenters. The predicted octanol–water partition coefficient (Wildman–Crippen LogP) is 1.38. The molecule has 0 bridgehead atoms. The number of carbonyl (C=O) groups excluding carboxylic acids is 1. The van der Waals surface area contributed by atoms with Crippen molar-refractivity contribution in [3.63, 3.8) is 0 Å². The lowest BCUT2D eigenvalue weighted by Crippen LogP contribution is -2.39. The van der Waals surface area contributed by atoms with Gasteiger partial charge in [0.1, 0.15) is 6.61 Å². The number of ether oxygens (including phenoxy) is 1. The van der Waals surface area contributed by atoms with Gasteiger partial charge < -0.3 is 15.0 Å². The van der Waals surface area contributed by atoms with E-state index in [2.05, 4.69) is 32.7 Å². The summed E-state index contributed by atoms with van der Waals surface area (Å²) in [7, 11) is 0. The summed E-state index contributed by atoms with van der Waals surface area (Å²) in [5.74, 6) is 0. The van der Waals surface area contributed by atoms with Crippen molar-refractivity contribution < 1.29 is 9.53 Å². The highest BCUT2D eigenvalue weighted by molar-refractivity contribution is 5.69. The summed E-state index contributed by atoms with van der Waals surface area (Å²) in [6.07, 6.45) is -0.230. The van der Waals surface area contributed by atoms with Gasteiger partial charge in [0.05, 0.1) is 6.54 Å². The number of rotatable bonds is 4. The zero-order chi connectivity index (χ0) is 11.5. The quantitative estimate of drug-likeness (QED) is 0.716. The maximum Gasteiger partial charge on any atom is 0.410 e. The first-order valence-corrected chi connectivity index (χ1v) is 5.22. The molecule has 0 unspecified atom stereocenters. The lowest BCUT2D eigenvalue weighted by Gasteiger charge is -2.22. The highest BCUT2D eigenvalue weighted by Gasteiger charge is 2.22. The summed E-state index contributed by atoms with van der Waals surface area (Å²) < 4.78 is 4.84. The molecule has 1 rings (SSSR count). The molecular formula is C11H20N2O2. The fourth-order valence-electron chi connectivity index (χ4n) is 1.29. The summed E-state index contributed by atoms with van der Waals surface area (Å²) >= 11 is 0. The lowest BCUT2D eigenvalue weighted by molar-refractivity contribution is 0.160. The van der Waals surface area contributed by atoms with Crippen LogP contribution in [0.4, 0.5) is 4.79 Å². The first-order valence-electron chi connectivity index (χ1n) is 5.22. The van der Waals surface area contributed by atoms with Crippen LogP contribution in [0.3, 0.4) is 0 Å². The van der Waals surface area contributed by atoms with E-state index in [1.54, 1.807) is 4.90 Å². The van der Waals surface area contributed by atoms with Gasteiger partial charge in [0.25, 0.3) is 0 Å². The average Bonchev–Trinajstić information content (AvgIpc) is 2.47. The molecule has 0 aromatic heterocycles. The SMILES string of the molecule is C=C(CNC(C)(C)C)CN1CCOC1=O. The predicted molar refractivity (Wildman–Crippen MR) is 59.8 cm³/mol. The minimum atomic E-state index is -0.230. The molecule has 1 heterocycles. The number of cyclic esters (lactones) is 1. The number of nitrogens with one attached hydrogen (secondary N) is 1. The van der Waals surface area contributed by atoms with Crippen molar-refractivity contribution in [1.29, 1.82) is 0 Å². The van der Waals surface area contributed by atoms with E-state index in [1.807, 2.05) is 0 Å². The molecule has 4 heteroatoms. The van der Waals surface area contributed by atoms with Gasteiger partial charge in [-0.3, -0.25) is 0 Å². The van der Waals surface area contributed by atoms with Crippen LogP contribution in [-0.2, 0) is 4.74 Å². The molecule has 0 aromatic rings. The summed E-state index contributed by atoms with van der Waals surface area (Å²) in [4.78, 5) is 12.8. The second-order valence-electron chi connectivity index (χ2n) is 4.89. The Morgan fingerprint density at radius 2 is 2.27 bits per heavy atom. The molecule has 0 aromatic carbocycles. The number of hydrogen-bond donors (Lipinski definition) is 1. The van der Waals surface area contributed by atoms with Crippen LogP contribution in [-0.4, -0.2) is 42.8 Å². The van der Waals surface area contributed by atoms with Crippen LogP contribution < -0.4 is 5.32 Å². The zero-order valence-electron chi connectivity index (χ0n) is 9.80. The molecule has 0 saturated carbocycles. The van der Waals surface area contributed by atoms with E-state index in [0.717, 1.165) is 12.1 Å². The third kappa shape index (κ3) is 4.34. The van der Waals surface area contributed by atoms with Crippen LogP contribution in [0, 0.1) is 0 Å². The van der Waals surface area contributed by atoms with Crippen molar-refractivity contribution in [2.75, 3.05) is 26.2 Å². The Bertz CT molecular complexity index is 256. The van der Waals surface area contributed by atoms with Crippen LogP contribution in [0.25, 0.3) is 0 Å². The lowest BCUT2D eigenvalue weighted by atomic mass is 10.1. The van der Waals surface area contributed by atoms with E-state index < -0.39 is 0 Å². The van der Waals surface area contributed by atoms with Crippen molar-refractivity contribution in [1.82, 2.24) is 10.2 Å². The highest BCUT2D eigenvalue weighted by Crippen LogP contribution is 2.06. The van der Waals surface area contributed by atoms with Gasteiger partial charge in [-0.1, -0.05) is 6.58 Å². The molecule has 0 spiro atoms. The number of nitrogens with zero attached hydrogens (tertiary/aromatic N) is 1. The highest BCUT2D eigenvalue weighted by atomic mass is 16.6. The van der Waals surface area contributed by atoms with Gasteiger partial charge in [0.15, 0.2) is 0 Å². The minimum Gasteiger partial charge on any atom is -0.448 e. The summed E-state index contributed by atoms with van der Waals surface area (Å²) in [6.45, 7) is 12.7. The van der Waals surface area contributed by atoms with E-state index in [4.69, 9.17) is 4.74 Å². The molecule has 1 N–H and O–H groups in total. The molecule has 1 aliphatic heterocycles. The Morgan fingerprint density at radius 3 is 2.73 bits per heavy atom. The second-order valence-corrected chi connectivity index (χ2v) is 4.89. The fourth-order valence-corrected chi connectivity index (χ4v) is 1.29. The van der Waals surface area contributed by atoms with Crippen LogP contribution in [0.2, 0.25) is 0 Å². The van der Waals surface area contributed by atoms with Gasteiger partial charge in [0, 0.05) is 18.6 Å².